The molecular weight excluding hydrogens is 356 g/mol. The van der Waals surface area contributed by atoms with Crippen LogP contribution in [0.3, 0.4) is 0 Å². The lowest BCUT2D eigenvalue weighted by molar-refractivity contribution is 0.415. The van der Waals surface area contributed by atoms with Crippen LogP contribution in [0.1, 0.15) is 5.56 Å². The lowest BCUT2D eigenvalue weighted by Gasteiger charge is -2.11. The molecule has 0 aliphatic rings. The fraction of sp³-hybridized carbons (Fsp3) is 0.143. The zero-order valence-corrected chi connectivity index (χ0v) is 14.0. The Morgan fingerprint density at radius 1 is 1.19 bits per heavy atom. The van der Waals surface area contributed by atoms with Crippen molar-refractivity contribution in [1.82, 2.24) is 0 Å². The molecule has 3 N–H and O–H groups in total. The first-order valence-corrected chi connectivity index (χ1v) is 8.33. The van der Waals surface area contributed by atoms with Crippen LogP contribution in [0, 0.1) is 6.92 Å². The van der Waals surface area contributed by atoms with Gasteiger partial charge < -0.3 is 10.5 Å². The van der Waals surface area contributed by atoms with Gasteiger partial charge in [-0.25, -0.2) is 8.42 Å². The second kappa shape index (κ2) is 5.95. The Hall–Kier alpha value is -1.73. The largest absolute Gasteiger partial charge is 0.495 e. The minimum atomic E-state index is -3.69. The Morgan fingerprint density at radius 3 is 2.52 bits per heavy atom. The Morgan fingerprint density at radius 2 is 1.90 bits per heavy atom. The number of nitrogens with two attached hydrogens (primary N) is 1. The van der Waals surface area contributed by atoms with Crippen molar-refractivity contribution < 1.29 is 13.2 Å². The highest BCUT2D eigenvalue weighted by molar-refractivity contribution is 9.10. The third-order valence-corrected chi connectivity index (χ3v) is 5.19. The Labute approximate surface area is 132 Å². The molecule has 0 saturated heterocycles. The summed E-state index contributed by atoms with van der Waals surface area (Å²) in [5, 5.41) is 0. The molecule has 21 heavy (non-hydrogen) atoms. The van der Waals surface area contributed by atoms with Crippen LogP contribution in [0.4, 0.5) is 11.4 Å². The molecule has 0 aliphatic carbocycles. The van der Waals surface area contributed by atoms with Gasteiger partial charge in [0.25, 0.3) is 10.0 Å². The van der Waals surface area contributed by atoms with Crippen molar-refractivity contribution >= 4 is 37.3 Å². The van der Waals surface area contributed by atoms with E-state index in [-0.39, 0.29) is 4.90 Å². The fourth-order valence-corrected chi connectivity index (χ4v) is 3.09. The molecule has 0 aromatic heterocycles. The number of halogens is 1. The number of aryl methyl sites for hydroxylation is 1. The average molecular weight is 371 g/mol. The lowest BCUT2D eigenvalue weighted by Crippen LogP contribution is -2.13. The molecule has 0 spiro atoms. The third-order valence-electron chi connectivity index (χ3n) is 2.93. The molecular formula is C14H15BrN2O3S. The summed E-state index contributed by atoms with van der Waals surface area (Å²) in [7, 11) is -2.26. The fourth-order valence-electron chi connectivity index (χ4n) is 1.78. The maximum absolute atomic E-state index is 12.4. The standard InChI is InChI=1S/C14H15BrN2O3S/c1-9-7-10(3-5-12(9)15)17-21(18,19)11-4-6-13(16)14(8-11)20-2/h3-8,17H,16H2,1-2H3. The average Bonchev–Trinajstić information content (AvgIpc) is 2.43. The van der Waals surface area contributed by atoms with E-state index in [9.17, 15) is 8.42 Å². The number of benzene rings is 2. The van der Waals surface area contributed by atoms with Crippen molar-refractivity contribution in [3.63, 3.8) is 0 Å². The van der Waals surface area contributed by atoms with E-state index in [4.69, 9.17) is 10.5 Å². The Balaban J connectivity index is 2.35. The summed E-state index contributed by atoms with van der Waals surface area (Å²) in [6, 6.07) is 9.55. The number of hydrogen-bond donors (Lipinski definition) is 2. The van der Waals surface area contributed by atoms with Crippen molar-refractivity contribution in [2.24, 2.45) is 0 Å². The molecule has 0 heterocycles. The van der Waals surface area contributed by atoms with E-state index in [2.05, 4.69) is 20.7 Å². The first kappa shape index (κ1) is 15.7. The zero-order chi connectivity index (χ0) is 15.6. The number of nitrogens with one attached hydrogen (secondary N) is 1. The van der Waals surface area contributed by atoms with Crippen LogP contribution in [0.5, 0.6) is 5.75 Å². The van der Waals surface area contributed by atoms with E-state index < -0.39 is 10.0 Å². The van der Waals surface area contributed by atoms with E-state index in [0.29, 0.717) is 17.1 Å². The second-order valence-corrected chi connectivity index (χ2v) is 7.01. The molecule has 0 aliphatic heterocycles. The monoisotopic (exact) mass is 370 g/mol. The highest BCUT2D eigenvalue weighted by Gasteiger charge is 2.16. The van der Waals surface area contributed by atoms with Gasteiger partial charge in [-0.05, 0) is 42.8 Å². The lowest BCUT2D eigenvalue weighted by atomic mass is 10.2. The summed E-state index contributed by atoms with van der Waals surface area (Å²) < 4.78 is 33.2. The normalized spacial score (nSPS) is 11.2. The third kappa shape index (κ3) is 3.48. The minimum Gasteiger partial charge on any atom is -0.495 e. The van der Waals surface area contributed by atoms with E-state index >= 15 is 0 Å². The van der Waals surface area contributed by atoms with Crippen LogP contribution in [0.2, 0.25) is 0 Å². The maximum atomic E-state index is 12.4. The van der Waals surface area contributed by atoms with Gasteiger partial charge in [0.2, 0.25) is 0 Å². The Bertz CT molecular complexity index is 776. The van der Waals surface area contributed by atoms with Gasteiger partial charge in [-0.3, -0.25) is 4.72 Å². The highest BCUT2D eigenvalue weighted by Crippen LogP contribution is 2.27. The predicted molar refractivity (Wildman–Crippen MR) is 87.1 cm³/mol. The topological polar surface area (TPSA) is 81.4 Å². The first-order chi connectivity index (χ1) is 9.83. The summed E-state index contributed by atoms with van der Waals surface area (Å²) in [5.41, 5.74) is 7.50. The molecule has 0 atom stereocenters. The van der Waals surface area contributed by atoms with Gasteiger partial charge in [0, 0.05) is 16.2 Å². The quantitative estimate of drug-likeness (QED) is 0.809. The molecule has 2 rings (SSSR count). The van der Waals surface area contributed by atoms with Crippen LogP contribution in [-0.4, -0.2) is 15.5 Å². The minimum absolute atomic E-state index is 0.0918. The van der Waals surface area contributed by atoms with Crippen molar-refractivity contribution in [2.75, 3.05) is 17.6 Å². The van der Waals surface area contributed by atoms with E-state index in [1.165, 1.54) is 25.3 Å². The van der Waals surface area contributed by atoms with Gasteiger partial charge in [0.05, 0.1) is 17.7 Å². The van der Waals surface area contributed by atoms with Crippen LogP contribution in [0.25, 0.3) is 0 Å². The number of ether oxygens (including phenoxy) is 1. The van der Waals surface area contributed by atoms with Crippen molar-refractivity contribution in [3.8, 4) is 5.75 Å². The smallest absolute Gasteiger partial charge is 0.262 e. The summed E-state index contributed by atoms with van der Waals surface area (Å²) in [6.45, 7) is 1.88. The number of sulfonamides is 1. The SMILES string of the molecule is COc1cc(S(=O)(=O)Nc2ccc(Br)c(C)c2)ccc1N. The maximum Gasteiger partial charge on any atom is 0.262 e. The number of hydrogen-bond acceptors (Lipinski definition) is 4. The number of anilines is 2. The summed E-state index contributed by atoms with van der Waals surface area (Å²) in [6.07, 6.45) is 0. The van der Waals surface area contributed by atoms with Crippen molar-refractivity contribution in [1.29, 1.82) is 0 Å². The molecule has 0 bridgehead atoms. The van der Waals surface area contributed by atoms with Crippen LogP contribution in [0.15, 0.2) is 45.8 Å². The molecule has 112 valence electrons. The number of methoxy groups -OCH3 is 1. The van der Waals surface area contributed by atoms with Gasteiger partial charge in [-0.1, -0.05) is 15.9 Å². The highest BCUT2D eigenvalue weighted by atomic mass is 79.9. The van der Waals surface area contributed by atoms with Gasteiger partial charge in [-0.15, -0.1) is 0 Å². The molecule has 0 fully saturated rings. The second-order valence-electron chi connectivity index (χ2n) is 4.47. The zero-order valence-electron chi connectivity index (χ0n) is 11.6. The molecule has 0 saturated carbocycles. The van der Waals surface area contributed by atoms with Crippen LogP contribution in [-0.2, 0) is 10.0 Å². The van der Waals surface area contributed by atoms with Crippen LogP contribution >= 0.6 is 15.9 Å². The molecule has 5 nitrogen and oxygen atoms in total. The van der Waals surface area contributed by atoms with Crippen molar-refractivity contribution in [2.45, 2.75) is 11.8 Å². The molecule has 0 radical (unpaired) electrons. The molecule has 2 aromatic carbocycles. The molecule has 0 amide bonds. The van der Waals surface area contributed by atoms with E-state index in [0.717, 1.165) is 10.0 Å². The van der Waals surface area contributed by atoms with Crippen LogP contribution < -0.4 is 15.2 Å². The molecule has 7 heteroatoms. The Kier molecular flexibility index (Phi) is 4.43. The molecule has 0 unspecified atom stereocenters. The number of rotatable bonds is 4. The van der Waals surface area contributed by atoms with Gasteiger partial charge >= 0.3 is 0 Å². The summed E-state index contributed by atoms with van der Waals surface area (Å²) in [5.74, 6) is 0.324. The van der Waals surface area contributed by atoms with Gasteiger partial charge in [0.15, 0.2) is 0 Å². The van der Waals surface area contributed by atoms with Gasteiger partial charge in [-0.2, -0.15) is 0 Å². The first-order valence-electron chi connectivity index (χ1n) is 6.06. The number of nitrogen functional groups attached to an aromatic ring is 1. The van der Waals surface area contributed by atoms with E-state index in [1.54, 1.807) is 18.2 Å². The summed E-state index contributed by atoms with van der Waals surface area (Å²) >= 11 is 3.37. The summed E-state index contributed by atoms with van der Waals surface area (Å²) in [4.78, 5) is 0.0918. The van der Waals surface area contributed by atoms with E-state index in [1.807, 2.05) is 6.92 Å². The predicted octanol–water partition coefficient (Wildman–Crippen LogP) is 3.15. The van der Waals surface area contributed by atoms with Gasteiger partial charge in [0.1, 0.15) is 5.75 Å². The molecule has 2 aromatic rings. The van der Waals surface area contributed by atoms with Crippen molar-refractivity contribution in [3.05, 3.63) is 46.4 Å².